The van der Waals surface area contributed by atoms with E-state index in [1.54, 1.807) is 11.3 Å². The van der Waals surface area contributed by atoms with E-state index in [0.717, 1.165) is 17.9 Å². The molecule has 0 amide bonds. The fourth-order valence-corrected chi connectivity index (χ4v) is 2.44. The van der Waals surface area contributed by atoms with Crippen LogP contribution in [0.4, 0.5) is 0 Å². The highest BCUT2D eigenvalue weighted by Gasteiger charge is 2.01. The van der Waals surface area contributed by atoms with Gasteiger partial charge in [-0.3, -0.25) is 4.40 Å². The molecule has 0 bridgehead atoms. The Morgan fingerprint density at radius 2 is 2.31 bits per heavy atom. The van der Waals surface area contributed by atoms with Crippen LogP contribution < -0.4 is 5.32 Å². The molecule has 0 aliphatic rings. The van der Waals surface area contributed by atoms with E-state index in [1.807, 2.05) is 0 Å². The number of rotatable bonds is 6. The third-order valence-electron chi connectivity index (χ3n) is 2.56. The smallest absolute Gasteiger partial charge is 0.193 e. The van der Waals surface area contributed by atoms with Gasteiger partial charge in [0.1, 0.15) is 0 Å². The first kappa shape index (κ1) is 11.6. The molecular weight excluding hydrogens is 218 g/mol. The maximum atomic E-state index is 4.57. The molecule has 0 fully saturated rings. The van der Waals surface area contributed by atoms with E-state index in [-0.39, 0.29) is 0 Å². The normalized spacial score (nSPS) is 11.7. The van der Waals surface area contributed by atoms with Gasteiger partial charge in [0.15, 0.2) is 4.96 Å². The molecule has 16 heavy (non-hydrogen) atoms. The second-order valence-electron chi connectivity index (χ2n) is 4.39. The molecule has 3 nitrogen and oxygen atoms in total. The highest BCUT2D eigenvalue weighted by atomic mass is 32.1. The van der Waals surface area contributed by atoms with Crippen LogP contribution >= 0.6 is 11.3 Å². The predicted octanol–water partition coefficient (Wildman–Crippen LogP) is 2.72. The summed E-state index contributed by atoms with van der Waals surface area (Å²) in [5.41, 5.74) is 1.22. The van der Waals surface area contributed by atoms with Gasteiger partial charge in [-0.25, -0.2) is 4.98 Å². The third kappa shape index (κ3) is 3.06. The van der Waals surface area contributed by atoms with Crippen LogP contribution in [0.25, 0.3) is 4.96 Å². The van der Waals surface area contributed by atoms with Crippen LogP contribution in [-0.2, 0) is 6.42 Å². The molecule has 2 aromatic rings. The number of fused-ring (bicyclic) bond motifs is 1. The zero-order valence-electron chi connectivity index (χ0n) is 9.94. The van der Waals surface area contributed by atoms with Crippen molar-refractivity contribution in [2.45, 2.75) is 39.2 Å². The number of aryl methyl sites for hydroxylation is 1. The lowest BCUT2D eigenvalue weighted by Gasteiger charge is -2.06. The van der Waals surface area contributed by atoms with Crippen molar-refractivity contribution in [3.8, 4) is 0 Å². The van der Waals surface area contributed by atoms with Crippen LogP contribution in [0, 0.1) is 0 Å². The summed E-state index contributed by atoms with van der Waals surface area (Å²) in [7, 11) is 0. The number of unbranched alkanes of at least 4 members (excludes halogenated alkanes) is 1. The first-order valence-corrected chi connectivity index (χ1v) is 6.78. The Balaban J connectivity index is 1.72. The lowest BCUT2D eigenvalue weighted by Crippen LogP contribution is -2.23. The van der Waals surface area contributed by atoms with Crippen molar-refractivity contribution in [2.24, 2.45) is 0 Å². The van der Waals surface area contributed by atoms with Gasteiger partial charge in [-0.2, -0.15) is 0 Å². The Bertz CT molecular complexity index is 402. The molecule has 2 rings (SSSR count). The molecule has 0 atom stereocenters. The lowest BCUT2D eigenvalue weighted by atomic mass is 10.2. The van der Waals surface area contributed by atoms with Gasteiger partial charge in [0.2, 0.25) is 0 Å². The Hall–Kier alpha value is -0.870. The molecule has 2 aromatic heterocycles. The van der Waals surface area contributed by atoms with Gasteiger partial charge in [-0.15, -0.1) is 11.3 Å². The lowest BCUT2D eigenvalue weighted by molar-refractivity contribution is 0.556. The standard InChI is InChI=1S/C12H19N3S/c1-10(2)13-6-4-3-5-11-9-15-7-8-16-12(15)14-11/h7-10,13H,3-6H2,1-2H3. The average Bonchev–Trinajstić information content (AvgIpc) is 2.76. The van der Waals surface area contributed by atoms with Gasteiger partial charge in [-0.05, 0) is 25.8 Å². The molecule has 0 aliphatic carbocycles. The summed E-state index contributed by atoms with van der Waals surface area (Å²) in [6.45, 7) is 5.48. The minimum Gasteiger partial charge on any atom is -0.315 e. The Kier molecular flexibility index (Phi) is 3.96. The monoisotopic (exact) mass is 237 g/mol. The molecule has 0 spiro atoms. The third-order valence-corrected chi connectivity index (χ3v) is 3.33. The summed E-state index contributed by atoms with van der Waals surface area (Å²) < 4.78 is 2.10. The van der Waals surface area contributed by atoms with Crippen LogP contribution in [0.15, 0.2) is 17.8 Å². The number of hydrogen-bond acceptors (Lipinski definition) is 3. The van der Waals surface area contributed by atoms with Crippen LogP contribution in [0.1, 0.15) is 32.4 Å². The van der Waals surface area contributed by atoms with Crippen molar-refractivity contribution < 1.29 is 0 Å². The van der Waals surface area contributed by atoms with E-state index < -0.39 is 0 Å². The van der Waals surface area contributed by atoms with Crippen molar-refractivity contribution in [2.75, 3.05) is 6.54 Å². The molecule has 1 N–H and O–H groups in total. The Morgan fingerprint density at radius 1 is 1.44 bits per heavy atom. The summed E-state index contributed by atoms with van der Waals surface area (Å²) in [5, 5.41) is 5.50. The highest BCUT2D eigenvalue weighted by molar-refractivity contribution is 7.15. The molecule has 0 unspecified atom stereocenters. The van der Waals surface area contributed by atoms with Crippen molar-refractivity contribution in [1.82, 2.24) is 14.7 Å². The Labute approximate surface area is 101 Å². The molecule has 0 saturated carbocycles. The fraction of sp³-hybridized carbons (Fsp3) is 0.583. The van der Waals surface area contributed by atoms with Crippen molar-refractivity contribution in [1.29, 1.82) is 0 Å². The number of imidazole rings is 1. The van der Waals surface area contributed by atoms with Crippen LogP contribution in [0.5, 0.6) is 0 Å². The zero-order chi connectivity index (χ0) is 11.4. The number of nitrogens with one attached hydrogen (secondary N) is 1. The molecule has 4 heteroatoms. The van der Waals surface area contributed by atoms with Crippen molar-refractivity contribution in [3.05, 3.63) is 23.5 Å². The number of aromatic nitrogens is 2. The largest absolute Gasteiger partial charge is 0.315 e. The van der Waals surface area contributed by atoms with Gasteiger partial charge in [-0.1, -0.05) is 13.8 Å². The topological polar surface area (TPSA) is 29.3 Å². The predicted molar refractivity (Wildman–Crippen MR) is 69.1 cm³/mol. The first-order valence-electron chi connectivity index (χ1n) is 5.90. The maximum Gasteiger partial charge on any atom is 0.193 e. The summed E-state index contributed by atoms with van der Waals surface area (Å²) in [5.74, 6) is 0. The van der Waals surface area contributed by atoms with Crippen LogP contribution in [0.3, 0.4) is 0 Å². The van der Waals surface area contributed by atoms with Gasteiger partial charge in [0.05, 0.1) is 5.69 Å². The number of nitrogens with zero attached hydrogens (tertiary/aromatic N) is 2. The summed E-state index contributed by atoms with van der Waals surface area (Å²) in [4.78, 5) is 5.67. The Morgan fingerprint density at radius 3 is 3.06 bits per heavy atom. The van der Waals surface area contributed by atoms with E-state index >= 15 is 0 Å². The number of thiazole rings is 1. The molecule has 88 valence electrons. The quantitative estimate of drug-likeness (QED) is 0.783. The van der Waals surface area contributed by atoms with Gasteiger partial charge < -0.3 is 5.32 Å². The van der Waals surface area contributed by atoms with E-state index in [2.05, 4.69) is 46.3 Å². The second kappa shape index (κ2) is 5.46. The zero-order valence-corrected chi connectivity index (χ0v) is 10.8. The van der Waals surface area contributed by atoms with Crippen LogP contribution in [0.2, 0.25) is 0 Å². The molecule has 0 aromatic carbocycles. The molecule has 0 aliphatic heterocycles. The van der Waals surface area contributed by atoms with Crippen molar-refractivity contribution >= 4 is 16.3 Å². The van der Waals surface area contributed by atoms with E-state index in [0.29, 0.717) is 6.04 Å². The van der Waals surface area contributed by atoms with Gasteiger partial charge >= 0.3 is 0 Å². The maximum absolute atomic E-state index is 4.57. The van der Waals surface area contributed by atoms with Crippen LogP contribution in [-0.4, -0.2) is 22.0 Å². The van der Waals surface area contributed by atoms with Crippen molar-refractivity contribution in [3.63, 3.8) is 0 Å². The highest BCUT2D eigenvalue weighted by Crippen LogP contribution is 2.12. The van der Waals surface area contributed by atoms with E-state index in [9.17, 15) is 0 Å². The molecule has 0 radical (unpaired) electrons. The fourth-order valence-electron chi connectivity index (χ4n) is 1.72. The molecular formula is C12H19N3S. The van der Waals surface area contributed by atoms with Gasteiger partial charge in [0.25, 0.3) is 0 Å². The average molecular weight is 237 g/mol. The SMILES string of the molecule is CC(C)NCCCCc1cn2ccsc2n1. The molecule has 2 heterocycles. The van der Waals surface area contributed by atoms with E-state index in [1.165, 1.54) is 18.5 Å². The van der Waals surface area contributed by atoms with E-state index in [4.69, 9.17) is 0 Å². The van der Waals surface area contributed by atoms with Gasteiger partial charge in [0, 0.05) is 23.8 Å². The first-order chi connectivity index (χ1) is 7.75. The second-order valence-corrected chi connectivity index (χ2v) is 5.26. The summed E-state index contributed by atoms with van der Waals surface area (Å²) in [6, 6.07) is 0.595. The summed E-state index contributed by atoms with van der Waals surface area (Å²) >= 11 is 1.70. The minimum absolute atomic E-state index is 0.595. The summed E-state index contributed by atoms with van der Waals surface area (Å²) in [6.07, 6.45) is 7.74. The number of hydrogen-bond donors (Lipinski definition) is 1. The molecule has 0 saturated heterocycles. The minimum atomic E-state index is 0.595.